The van der Waals surface area contributed by atoms with Crippen LogP contribution >= 0.6 is 7.60 Å². The molecule has 0 spiro atoms. The van der Waals surface area contributed by atoms with Crippen molar-refractivity contribution in [3.63, 3.8) is 0 Å². The van der Waals surface area contributed by atoms with Gasteiger partial charge in [0, 0.05) is 5.82 Å². The summed E-state index contributed by atoms with van der Waals surface area (Å²) in [4.78, 5) is 8.84. The molecule has 0 saturated heterocycles. The third-order valence-corrected chi connectivity index (χ3v) is 2.26. The van der Waals surface area contributed by atoms with Crippen molar-refractivity contribution in [1.82, 2.24) is 0 Å². The summed E-state index contributed by atoms with van der Waals surface area (Å²) in [5.41, 5.74) is 0. The Balaban J connectivity index is 3.88. The molecule has 0 aliphatic carbocycles. The molecule has 3 nitrogen and oxygen atoms in total. The molecule has 0 radical (unpaired) electrons. The molecule has 0 bridgehead atoms. The van der Waals surface area contributed by atoms with Gasteiger partial charge in [-0.3, -0.25) is 4.57 Å². The third kappa shape index (κ3) is 3.83. The molecule has 60 valence electrons. The van der Waals surface area contributed by atoms with Crippen molar-refractivity contribution in [2.75, 3.05) is 0 Å². The molecule has 0 aromatic rings. The van der Waals surface area contributed by atoms with E-state index in [0.717, 1.165) is 12.2 Å². The van der Waals surface area contributed by atoms with Crippen LogP contribution in [0.2, 0.25) is 0 Å². The Morgan fingerprint density at radius 2 is 2.40 bits per heavy atom. The van der Waals surface area contributed by atoms with Crippen molar-refractivity contribution in [3.8, 4) is 0 Å². The van der Waals surface area contributed by atoms with Crippen LogP contribution < -0.4 is 0 Å². The smallest absolute Gasteiger partial charge is 0.321 e. The Labute approximate surface area is 61.2 Å². The minimum absolute atomic E-state index is 0.186. The fraction of sp³-hybridized carbons (Fsp3) is 0.667. The Hall–Kier alpha value is -0.110. The molecule has 0 fully saturated rings. The first kappa shape index (κ1) is 9.89. The van der Waals surface area contributed by atoms with Crippen LogP contribution in [0.4, 0.5) is 0 Å². The zero-order valence-electron chi connectivity index (χ0n) is 6.28. The van der Waals surface area contributed by atoms with Crippen LogP contribution in [-0.2, 0) is 9.09 Å². The number of hydrogen-bond donors (Lipinski definition) is 1. The van der Waals surface area contributed by atoms with Gasteiger partial charge in [0.2, 0.25) is 0 Å². The van der Waals surface area contributed by atoms with Crippen LogP contribution in [-0.4, -0.2) is 11.0 Å². The van der Waals surface area contributed by atoms with Crippen molar-refractivity contribution < 1.29 is 14.0 Å². The zero-order valence-corrected chi connectivity index (χ0v) is 7.17. The van der Waals surface area contributed by atoms with Crippen LogP contribution in [0.3, 0.4) is 0 Å². The first-order valence-electron chi connectivity index (χ1n) is 3.16. The second-order valence-corrected chi connectivity index (χ2v) is 3.78. The molecule has 0 rings (SSSR count). The summed E-state index contributed by atoms with van der Waals surface area (Å²) in [6, 6.07) is 0. The average Bonchev–Trinajstić information content (AvgIpc) is 1.87. The van der Waals surface area contributed by atoms with Crippen LogP contribution in [0.1, 0.15) is 20.3 Å². The SMILES string of the molecule is C=CP(=O)(O)OC(C)CC. The average molecular weight is 164 g/mol. The normalized spacial score (nSPS) is 19.5. The van der Waals surface area contributed by atoms with E-state index in [1.54, 1.807) is 6.92 Å². The minimum Gasteiger partial charge on any atom is -0.321 e. The van der Waals surface area contributed by atoms with Crippen LogP contribution in [0, 0.1) is 0 Å². The monoisotopic (exact) mass is 164 g/mol. The molecule has 0 saturated carbocycles. The van der Waals surface area contributed by atoms with Gasteiger partial charge in [-0.05, 0) is 13.3 Å². The predicted octanol–water partition coefficient (Wildman–Crippen LogP) is 2.13. The maximum absolute atomic E-state index is 10.8. The molecule has 0 aromatic carbocycles. The zero-order chi connectivity index (χ0) is 8.20. The molecule has 0 aliphatic heterocycles. The Kier molecular flexibility index (Phi) is 3.87. The summed E-state index contributed by atoms with van der Waals surface area (Å²) in [7, 11) is -3.48. The van der Waals surface area contributed by atoms with E-state index in [2.05, 4.69) is 6.58 Å². The first-order chi connectivity index (χ1) is 4.52. The summed E-state index contributed by atoms with van der Waals surface area (Å²) >= 11 is 0. The van der Waals surface area contributed by atoms with E-state index in [1.807, 2.05) is 6.92 Å². The minimum atomic E-state index is -3.48. The summed E-state index contributed by atoms with van der Waals surface area (Å²) in [5, 5.41) is 0. The van der Waals surface area contributed by atoms with Gasteiger partial charge >= 0.3 is 7.60 Å². The van der Waals surface area contributed by atoms with E-state index in [9.17, 15) is 4.57 Å². The molecular weight excluding hydrogens is 151 g/mol. The largest absolute Gasteiger partial charge is 0.351 e. The maximum Gasteiger partial charge on any atom is 0.351 e. The molecule has 0 aromatic heterocycles. The lowest BCUT2D eigenvalue weighted by Gasteiger charge is -2.12. The summed E-state index contributed by atoms with van der Waals surface area (Å²) < 4.78 is 15.5. The topological polar surface area (TPSA) is 46.5 Å². The highest BCUT2D eigenvalue weighted by atomic mass is 31.2. The molecule has 0 aliphatic rings. The van der Waals surface area contributed by atoms with E-state index >= 15 is 0 Å². The Morgan fingerprint density at radius 1 is 1.90 bits per heavy atom. The Morgan fingerprint density at radius 3 is 2.70 bits per heavy atom. The highest BCUT2D eigenvalue weighted by Crippen LogP contribution is 2.44. The summed E-state index contributed by atoms with van der Waals surface area (Å²) in [6.45, 7) is 6.81. The lowest BCUT2D eigenvalue weighted by molar-refractivity contribution is 0.191. The molecule has 0 heterocycles. The highest BCUT2D eigenvalue weighted by molar-refractivity contribution is 7.56. The van der Waals surface area contributed by atoms with Crippen molar-refractivity contribution in [3.05, 3.63) is 12.4 Å². The van der Waals surface area contributed by atoms with Crippen LogP contribution in [0.5, 0.6) is 0 Å². The van der Waals surface area contributed by atoms with Crippen molar-refractivity contribution in [2.45, 2.75) is 26.4 Å². The standard InChI is InChI=1S/C6H13O3P/c1-4-6(3)9-10(7,8)5-2/h5-6H,2,4H2,1,3H3,(H,7,8). The van der Waals surface area contributed by atoms with Gasteiger partial charge in [-0.1, -0.05) is 13.5 Å². The molecule has 4 heteroatoms. The van der Waals surface area contributed by atoms with Crippen molar-refractivity contribution >= 4 is 7.60 Å². The second-order valence-electron chi connectivity index (χ2n) is 2.07. The van der Waals surface area contributed by atoms with Crippen LogP contribution in [0.15, 0.2) is 12.4 Å². The highest BCUT2D eigenvalue weighted by Gasteiger charge is 2.16. The summed E-state index contributed by atoms with van der Waals surface area (Å²) in [5.74, 6) is 0.944. The van der Waals surface area contributed by atoms with E-state index in [-0.39, 0.29) is 6.10 Å². The van der Waals surface area contributed by atoms with Gasteiger partial charge < -0.3 is 9.42 Å². The van der Waals surface area contributed by atoms with Gasteiger partial charge in [-0.25, -0.2) is 0 Å². The van der Waals surface area contributed by atoms with Crippen LogP contribution in [0.25, 0.3) is 0 Å². The molecule has 2 unspecified atom stereocenters. The molecule has 1 N–H and O–H groups in total. The maximum atomic E-state index is 10.8. The van der Waals surface area contributed by atoms with Gasteiger partial charge in [0.15, 0.2) is 0 Å². The van der Waals surface area contributed by atoms with Gasteiger partial charge in [0.05, 0.1) is 6.10 Å². The number of hydrogen-bond acceptors (Lipinski definition) is 2. The van der Waals surface area contributed by atoms with E-state index in [1.165, 1.54) is 0 Å². The quantitative estimate of drug-likeness (QED) is 0.647. The Bertz CT molecular complexity index is 155. The number of rotatable bonds is 4. The molecule has 10 heavy (non-hydrogen) atoms. The predicted molar refractivity (Wildman–Crippen MR) is 40.9 cm³/mol. The van der Waals surface area contributed by atoms with Gasteiger partial charge in [0.25, 0.3) is 0 Å². The van der Waals surface area contributed by atoms with E-state index < -0.39 is 7.60 Å². The molecule has 2 atom stereocenters. The summed E-state index contributed by atoms with van der Waals surface area (Å²) in [6.07, 6.45) is 0.534. The lowest BCUT2D eigenvalue weighted by Crippen LogP contribution is -2.02. The lowest BCUT2D eigenvalue weighted by atomic mass is 10.3. The second kappa shape index (κ2) is 3.91. The fourth-order valence-electron chi connectivity index (χ4n) is 0.375. The van der Waals surface area contributed by atoms with E-state index in [4.69, 9.17) is 9.42 Å². The third-order valence-electron chi connectivity index (χ3n) is 1.14. The first-order valence-corrected chi connectivity index (χ1v) is 4.81. The molecule has 0 amide bonds. The van der Waals surface area contributed by atoms with Gasteiger partial charge in [0.1, 0.15) is 0 Å². The van der Waals surface area contributed by atoms with Crippen molar-refractivity contribution in [1.29, 1.82) is 0 Å². The van der Waals surface area contributed by atoms with Gasteiger partial charge in [-0.2, -0.15) is 0 Å². The van der Waals surface area contributed by atoms with Crippen molar-refractivity contribution in [2.24, 2.45) is 0 Å². The van der Waals surface area contributed by atoms with E-state index in [0.29, 0.717) is 0 Å². The fourth-order valence-corrected chi connectivity index (χ4v) is 1.13. The van der Waals surface area contributed by atoms with Gasteiger partial charge in [-0.15, -0.1) is 0 Å². The molecular formula is C6H13O3P.